The fourth-order valence-electron chi connectivity index (χ4n) is 2.79. The molecule has 0 atom stereocenters. The molecule has 0 aliphatic carbocycles. The highest BCUT2D eigenvalue weighted by molar-refractivity contribution is 7.92. The molecule has 2 aromatic heterocycles. The largest absolute Gasteiger partial charge is 1.00 e. The molecule has 3 aromatic rings. The molecule has 0 amide bonds. The monoisotopic (exact) mass is 500 g/mol. The fourth-order valence-corrected chi connectivity index (χ4v) is 5.01. The van der Waals surface area contributed by atoms with Gasteiger partial charge in [-0.2, -0.15) is 0 Å². The molecule has 3 rings (SSSR count). The quantitative estimate of drug-likeness (QED) is 0.496. The maximum absolute atomic E-state index is 12.5. The van der Waals surface area contributed by atoms with Gasteiger partial charge < -0.3 is 21.5 Å². The highest BCUT2D eigenvalue weighted by Crippen LogP contribution is 2.27. The van der Waals surface area contributed by atoms with Crippen molar-refractivity contribution >= 4 is 38.0 Å². The lowest BCUT2D eigenvalue weighted by Crippen LogP contribution is -3.00. The van der Waals surface area contributed by atoms with E-state index in [1.54, 1.807) is 42.5 Å². The third kappa shape index (κ3) is 5.37. The van der Waals surface area contributed by atoms with Crippen molar-refractivity contribution in [2.75, 3.05) is 10.0 Å². The van der Waals surface area contributed by atoms with Crippen LogP contribution in [0.2, 0.25) is 0 Å². The van der Waals surface area contributed by atoms with Gasteiger partial charge in [0.2, 0.25) is 0 Å². The minimum absolute atomic E-state index is 0. The molecule has 2 heterocycles. The summed E-state index contributed by atoms with van der Waals surface area (Å²) in [6.07, 6.45) is 0. The Hall–Kier alpha value is -1.91. The van der Waals surface area contributed by atoms with Crippen molar-refractivity contribution in [1.29, 1.82) is 0 Å². The summed E-state index contributed by atoms with van der Waals surface area (Å²) in [4.78, 5) is 0.156. The van der Waals surface area contributed by atoms with Crippen molar-refractivity contribution in [3.63, 3.8) is 0 Å². The van der Waals surface area contributed by atoms with Crippen LogP contribution in [0.1, 0.15) is 39.1 Å². The van der Waals surface area contributed by atoms with Crippen LogP contribution in [-0.4, -0.2) is 13.6 Å². The number of nitrogens with zero attached hydrogens (tertiary/aromatic N) is 2. The van der Waals surface area contributed by atoms with Crippen LogP contribution in [0.4, 0.5) is 16.6 Å². The predicted molar refractivity (Wildman–Crippen MR) is 111 cm³/mol. The first-order valence-electron chi connectivity index (χ1n) is 8.95. The van der Waals surface area contributed by atoms with Gasteiger partial charge in [-0.15, -0.1) is 0 Å². The van der Waals surface area contributed by atoms with Crippen LogP contribution in [0.25, 0.3) is 0 Å². The molecule has 0 spiro atoms. The number of benzene rings is 1. The van der Waals surface area contributed by atoms with Crippen molar-refractivity contribution in [3.05, 3.63) is 47.2 Å². The topological polar surface area (TPSA) is 88.1 Å². The molecule has 0 radical (unpaired) electrons. The lowest BCUT2D eigenvalue weighted by Gasteiger charge is -2.16. The molecule has 10 heteroatoms. The van der Waals surface area contributed by atoms with Crippen LogP contribution in [-0.2, 0) is 22.0 Å². The molecular formula is C19H25BrN4O3S2. The first kappa shape index (κ1) is 23.4. The highest BCUT2D eigenvalue weighted by atomic mass is 79.9. The van der Waals surface area contributed by atoms with E-state index in [0.29, 0.717) is 5.76 Å². The van der Waals surface area contributed by atoms with E-state index in [-0.39, 0.29) is 33.1 Å². The summed E-state index contributed by atoms with van der Waals surface area (Å²) in [6, 6.07) is 8.15. The van der Waals surface area contributed by atoms with Gasteiger partial charge in [0.1, 0.15) is 17.1 Å². The summed E-state index contributed by atoms with van der Waals surface area (Å²) < 4.78 is 34.5. The molecule has 29 heavy (non-hydrogen) atoms. The number of hydrogen-bond donors (Lipinski definition) is 2. The summed E-state index contributed by atoms with van der Waals surface area (Å²) in [5.74, 6) is 0.698. The van der Waals surface area contributed by atoms with Crippen molar-refractivity contribution in [1.82, 2.24) is 5.16 Å². The van der Waals surface area contributed by atoms with E-state index < -0.39 is 10.0 Å². The van der Waals surface area contributed by atoms with Crippen molar-refractivity contribution in [3.8, 4) is 0 Å². The lowest BCUT2D eigenvalue weighted by molar-refractivity contribution is -0.685. The first-order chi connectivity index (χ1) is 13.1. The van der Waals surface area contributed by atoms with Gasteiger partial charge in [0.15, 0.2) is 5.82 Å². The van der Waals surface area contributed by atoms with Gasteiger partial charge in [0, 0.05) is 16.9 Å². The van der Waals surface area contributed by atoms with Gasteiger partial charge in [0.25, 0.3) is 10.0 Å². The Balaban J connectivity index is 0.00000300. The Morgan fingerprint density at radius 2 is 1.86 bits per heavy atom. The minimum atomic E-state index is -3.72. The number of halogens is 1. The average Bonchev–Trinajstić information content (AvgIpc) is 3.20. The molecule has 0 saturated heterocycles. The SMILES string of the molecule is CC[n+]1c(C(C)(C)C)csc1Nc1ccc(S(=O)(=O)Nc2cc(C)on2)cc1.[Br-]. The third-order valence-corrected chi connectivity index (χ3v) is 6.44. The molecule has 0 unspecified atom stereocenters. The second-order valence-corrected chi connectivity index (χ2v) is 10.0. The molecular weight excluding hydrogens is 476 g/mol. The maximum atomic E-state index is 12.5. The molecule has 158 valence electrons. The van der Waals surface area contributed by atoms with E-state index in [4.69, 9.17) is 4.52 Å². The van der Waals surface area contributed by atoms with Gasteiger partial charge >= 0.3 is 5.13 Å². The van der Waals surface area contributed by atoms with Gasteiger partial charge in [-0.25, -0.2) is 18.3 Å². The van der Waals surface area contributed by atoms with Crippen LogP contribution in [0.5, 0.6) is 0 Å². The Bertz CT molecular complexity index is 1070. The predicted octanol–water partition coefficient (Wildman–Crippen LogP) is 1.20. The van der Waals surface area contributed by atoms with Crippen LogP contribution in [0, 0.1) is 6.92 Å². The van der Waals surface area contributed by atoms with Crippen molar-refractivity contribution < 1.29 is 34.5 Å². The van der Waals surface area contributed by atoms with Crippen LogP contribution < -0.4 is 31.6 Å². The van der Waals surface area contributed by atoms with E-state index in [0.717, 1.165) is 17.4 Å². The first-order valence-corrected chi connectivity index (χ1v) is 11.3. The van der Waals surface area contributed by atoms with E-state index in [1.807, 2.05) is 0 Å². The number of aryl methyl sites for hydroxylation is 1. The summed E-state index contributed by atoms with van der Waals surface area (Å²) in [6.45, 7) is 11.2. The van der Waals surface area contributed by atoms with Gasteiger partial charge in [-0.05, 0) is 38.1 Å². The smallest absolute Gasteiger partial charge is 0.339 e. The zero-order chi connectivity index (χ0) is 20.5. The van der Waals surface area contributed by atoms with Crippen LogP contribution in [0.3, 0.4) is 0 Å². The minimum Gasteiger partial charge on any atom is -1.00 e. The van der Waals surface area contributed by atoms with Crippen LogP contribution in [0.15, 0.2) is 45.1 Å². The number of rotatable bonds is 6. The summed E-state index contributed by atoms with van der Waals surface area (Å²) >= 11 is 1.64. The molecule has 1 aromatic carbocycles. The maximum Gasteiger partial charge on any atom is 0.339 e. The number of anilines is 3. The zero-order valence-electron chi connectivity index (χ0n) is 17.0. The van der Waals surface area contributed by atoms with Crippen molar-refractivity contribution in [2.45, 2.75) is 51.5 Å². The van der Waals surface area contributed by atoms with E-state index >= 15 is 0 Å². The number of sulfonamides is 1. The van der Waals surface area contributed by atoms with Crippen molar-refractivity contribution in [2.24, 2.45) is 0 Å². The molecule has 0 aliphatic heterocycles. The van der Waals surface area contributed by atoms with E-state index in [9.17, 15) is 8.42 Å². The summed E-state index contributed by atoms with van der Waals surface area (Å²) in [5.41, 5.74) is 2.13. The highest BCUT2D eigenvalue weighted by Gasteiger charge is 2.26. The van der Waals surface area contributed by atoms with Gasteiger partial charge in [0.05, 0.1) is 11.4 Å². The summed E-state index contributed by atoms with van der Waals surface area (Å²) in [7, 11) is -3.72. The van der Waals surface area contributed by atoms with E-state index in [2.05, 4.69) is 52.8 Å². The number of nitrogens with one attached hydrogen (secondary N) is 2. The second kappa shape index (κ2) is 8.85. The Kier molecular flexibility index (Phi) is 7.13. The number of hydrogen-bond acceptors (Lipinski definition) is 6. The Morgan fingerprint density at radius 3 is 2.38 bits per heavy atom. The average molecular weight is 501 g/mol. The number of aromatic nitrogens is 2. The molecule has 2 N–H and O–H groups in total. The van der Waals surface area contributed by atoms with Gasteiger partial charge in [-0.1, -0.05) is 37.3 Å². The standard InChI is InChI=1S/C19H24N4O3S2.BrH/c1-6-23-16(19(3,4)5)12-27-18(23)20-14-7-9-15(10-8-14)28(24,25)22-17-11-13(2)26-21-17;/h7-12H,6H2,1-5H3,(H,21,22);1H. The second-order valence-electron chi connectivity index (χ2n) is 7.50. The molecule has 0 aliphatic rings. The Labute approximate surface area is 186 Å². The Morgan fingerprint density at radius 1 is 1.21 bits per heavy atom. The third-order valence-electron chi connectivity index (χ3n) is 4.19. The molecule has 7 nitrogen and oxygen atoms in total. The zero-order valence-corrected chi connectivity index (χ0v) is 20.2. The lowest BCUT2D eigenvalue weighted by atomic mass is 9.93. The van der Waals surface area contributed by atoms with Gasteiger partial charge in [-0.3, -0.25) is 4.72 Å². The fraction of sp³-hybridized carbons (Fsp3) is 0.368. The molecule has 0 saturated carbocycles. The summed E-state index contributed by atoms with van der Waals surface area (Å²) in [5, 5.41) is 10.2. The molecule has 0 bridgehead atoms. The number of thiazole rings is 1. The normalized spacial score (nSPS) is 11.8. The molecule has 0 fully saturated rings. The van der Waals surface area contributed by atoms with E-state index in [1.165, 1.54) is 11.8 Å². The van der Waals surface area contributed by atoms with Crippen LogP contribution >= 0.6 is 11.3 Å².